The van der Waals surface area contributed by atoms with E-state index in [2.05, 4.69) is 29.4 Å². The third-order valence-electron chi connectivity index (χ3n) is 5.60. The van der Waals surface area contributed by atoms with Crippen molar-refractivity contribution >= 4 is 33.2 Å². The highest BCUT2D eigenvalue weighted by atomic mass is 32.2. The van der Waals surface area contributed by atoms with Crippen LogP contribution in [0.2, 0.25) is 0 Å². The van der Waals surface area contributed by atoms with Crippen LogP contribution in [0, 0.1) is 6.92 Å². The van der Waals surface area contributed by atoms with E-state index in [1.807, 2.05) is 61.5 Å². The Kier molecular flexibility index (Phi) is 7.91. The van der Waals surface area contributed by atoms with Crippen molar-refractivity contribution in [2.45, 2.75) is 42.5 Å². The summed E-state index contributed by atoms with van der Waals surface area (Å²) >= 11 is 1.21. The molecular weight excluding hydrogens is 492 g/mol. The van der Waals surface area contributed by atoms with Crippen molar-refractivity contribution < 1.29 is 13.2 Å². The van der Waals surface area contributed by atoms with Crippen molar-refractivity contribution in [2.75, 3.05) is 11.1 Å². The summed E-state index contributed by atoms with van der Waals surface area (Å²) in [4.78, 5) is 13.0. The number of para-hydroxylation sites is 2. The molecule has 0 aliphatic carbocycles. The Morgan fingerprint density at radius 1 is 0.944 bits per heavy atom. The minimum Gasteiger partial charge on any atom is -0.325 e. The fourth-order valence-corrected chi connectivity index (χ4v) is 5.77. The summed E-state index contributed by atoms with van der Waals surface area (Å²) in [6, 6.07) is 23.8. The highest BCUT2D eigenvalue weighted by Gasteiger charge is 2.23. The number of nitrogens with zero attached hydrogens (tertiary/aromatic N) is 3. The second kappa shape index (κ2) is 11.1. The van der Waals surface area contributed by atoms with Crippen molar-refractivity contribution in [3.05, 3.63) is 95.8 Å². The standard InChI is InChI=1S/C27H28N4O3S2/c1-19(2)23-11-7-8-12-24(23)28-26(32)17-35-27-30-29-25(31(27)21-9-5-4-6-10-21)18-36(33,34)22-15-13-20(3)14-16-22/h4-16,19H,17-18H2,1-3H3,(H,28,32). The Labute approximate surface area is 215 Å². The molecule has 1 N–H and O–H groups in total. The van der Waals surface area contributed by atoms with Gasteiger partial charge in [0.05, 0.1) is 10.6 Å². The summed E-state index contributed by atoms with van der Waals surface area (Å²) in [6.45, 7) is 6.06. The van der Waals surface area contributed by atoms with Gasteiger partial charge >= 0.3 is 0 Å². The largest absolute Gasteiger partial charge is 0.325 e. The number of amides is 1. The van der Waals surface area contributed by atoms with Gasteiger partial charge in [0.1, 0.15) is 5.75 Å². The molecule has 0 saturated heterocycles. The maximum Gasteiger partial charge on any atom is 0.234 e. The molecule has 0 aliphatic rings. The molecule has 1 aromatic heterocycles. The number of rotatable bonds is 9. The summed E-state index contributed by atoms with van der Waals surface area (Å²) in [7, 11) is -3.64. The number of hydrogen-bond donors (Lipinski definition) is 1. The maximum atomic E-state index is 13.1. The molecule has 0 radical (unpaired) electrons. The molecule has 36 heavy (non-hydrogen) atoms. The van der Waals surface area contributed by atoms with Gasteiger partial charge in [-0.2, -0.15) is 0 Å². The molecule has 4 aromatic rings. The van der Waals surface area contributed by atoms with Crippen molar-refractivity contribution in [1.29, 1.82) is 0 Å². The average Bonchev–Trinajstić information content (AvgIpc) is 3.25. The van der Waals surface area contributed by atoms with Crippen LogP contribution in [0.15, 0.2) is 88.9 Å². The highest BCUT2D eigenvalue weighted by Crippen LogP contribution is 2.27. The van der Waals surface area contributed by atoms with E-state index in [0.717, 1.165) is 22.5 Å². The van der Waals surface area contributed by atoms with E-state index in [1.165, 1.54) is 11.8 Å². The summed E-state index contributed by atoms with van der Waals surface area (Å²) < 4.78 is 27.9. The first-order valence-corrected chi connectivity index (χ1v) is 14.2. The van der Waals surface area contributed by atoms with E-state index in [1.54, 1.807) is 28.8 Å². The number of aryl methyl sites for hydroxylation is 1. The number of nitrogens with one attached hydrogen (secondary N) is 1. The molecule has 0 unspecified atom stereocenters. The first-order valence-electron chi connectivity index (χ1n) is 11.6. The lowest BCUT2D eigenvalue weighted by Crippen LogP contribution is -2.16. The van der Waals surface area contributed by atoms with Gasteiger partial charge in [0.25, 0.3) is 0 Å². The molecular formula is C27H28N4O3S2. The number of aromatic nitrogens is 3. The predicted octanol–water partition coefficient (Wildman–Crippen LogP) is 5.40. The van der Waals surface area contributed by atoms with E-state index in [9.17, 15) is 13.2 Å². The second-order valence-electron chi connectivity index (χ2n) is 8.72. The van der Waals surface area contributed by atoms with Crippen LogP contribution in [0.4, 0.5) is 5.69 Å². The first-order chi connectivity index (χ1) is 17.2. The van der Waals surface area contributed by atoms with Crippen LogP contribution >= 0.6 is 11.8 Å². The van der Waals surface area contributed by atoms with Crippen LogP contribution in [0.25, 0.3) is 5.69 Å². The third-order valence-corrected chi connectivity index (χ3v) is 8.16. The zero-order valence-electron chi connectivity index (χ0n) is 20.4. The Hall–Kier alpha value is -3.43. The quantitative estimate of drug-likeness (QED) is 0.297. The second-order valence-corrected chi connectivity index (χ2v) is 11.7. The van der Waals surface area contributed by atoms with Gasteiger partial charge in [-0.1, -0.05) is 79.7 Å². The molecule has 0 bridgehead atoms. The van der Waals surface area contributed by atoms with Gasteiger partial charge in [0.15, 0.2) is 20.8 Å². The van der Waals surface area contributed by atoms with Crippen LogP contribution < -0.4 is 5.32 Å². The van der Waals surface area contributed by atoms with Gasteiger partial charge in [-0.25, -0.2) is 8.42 Å². The van der Waals surface area contributed by atoms with Gasteiger partial charge in [-0.05, 0) is 48.7 Å². The van der Waals surface area contributed by atoms with Gasteiger partial charge in [-0.3, -0.25) is 9.36 Å². The maximum absolute atomic E-state index is 13.1. The lowest BCUT2D eigenvalue weighted by atomic mass is 10.0. The fourth-order valence-electron chi connectivity index (χ4n) is 3.75. The lowest BCUT2D eigenvalue weighted by molar-refractivity contribution is -0.113. The molecule has 1 heterocycles. The minimum absolute atomic E-state index is 0.0993. The molecule has 4 rings (SSSR count). The monoisotopic (exact) mass is 520 g/mol. The fraction of sp³-hybridized carbons (Fsp3) is 0.222. The van der Waals surface area contributed by atoms with Crippen LogP contribution in [0.1, 0.15) is 36.7 Å². The third kappa shape index (κ3) is 6.03. The van der Waals surface area contributed by atoms with Crippen LogP contribution in [-0.4, -0.2) is 34.8 Å². The topological polar surface area (TPSA) is 94.0 Å². The minimum atomic E-state index is -3.64. The molecule has 9 heteroatoms. The zero-order chi connectivity index (χ0) is 25.7. The smallest absolute Gasteiger partial charge is 0.234 e. The molecule has 7 nitrogen and oxygen atoms in total. The Morgan fingerprint density at radius 3 is 2.31 bits per heavy atom. The molecule has 0 saturated carbocycles. The van der Waals surface area contributed by atoms with E-state index in [4.69, 9.17) is 0 Å². The molecule has 0 spiro atoms. The predicted molar refractivity (Wildman–Crippen MR) is 143 cm³/mol. The molecule has 0 atom stereocenters. The van der Waals surface area contributed by atoms with E-state index in [0.29, 0.717) is 5.16 Å². The van der Waals surface area contributed by atoms with Gasteiger partial charge in [-0.15, -0.1) is 10.2 Å². The van der Waals surface area contributed by atoms with Gasteiger partial charge in [0, 0.05) is 11.4 Å². The molecule has 0 aliphatic heterocycles. The normalized spacial score (nSPS) is 11.6. The molecule has 1 amide bonds. The molecule has 3 aromatic carbocycles. The highest BCUT2D eigenvalue weighted by molar-refractivity contribution is 7.99. The van der Waals surface area contributed by atoms with E-state index in [-0.39, 0.29) is 34.1 Å². The number of carbonyl (C=O) groups is 1. The van der Waals surface area contributed by atoms with Gasteiger partial charge in [0.2, 0.25) is 5.91 Å². The summed E-state index contributed by atoms with van der Waals surface area (Å²) in [5.41, 5.74) is 3.55. The molecule has 0 fully saturated rings. The number of hydrogen-bond acceptors (Lipinski definition) is 6. The van der Waals surface area contributed by atoms with Crippen LogP contribution in [0.5, 0.6) is 0 Å². The summed E-state index contributed by atoms with van der Waals surface area (Å²) in [5, 5.41) is 11.9. The Bertz CT molecular complexity index is 1450. The first kappa shape index (κ1) is 25.7. The Balaban J connectivity index is 1.57. The van der Waals surface area contributed by atoms with Crippen molar-refractivity contribution in [3.8, 4) is 5.69 Å². The zero-order valence-corrected chi connectivity index (χ0v) is 22.0. The van der Waals surface area contributed by atoms with Crippen molar-refractivity contribution in [3.63, 3.8) is 0 Å². The van der Waals surface area contributed by atoms with Crippen LogP contribution in [0.3, 0.4) is 0 Å². The SMILES string of the molecule is Cc1ccc(S(=O)(=O)Cc2nnc(SCC(=O)Nc3ccccc3C(C)C)n2-c2ccccc2)cc1. The summed E-state index contributed by atoms with van der Waals surface area (Å²) in [5.74, 6) is 0.168. The van der Waals surface area contributed by atoms with Crippen LogP contribution in [-0.2, 0) is 20.4 Å². The Morgan fingerprint density at radius 2 is 1.61 bits per heavy atom. The number of thioether (sulfide) groups is 1. The lowest BCUT2D eigenvalue weighted by Gasteiger charge is -2.14. The van der Waals surface area contributed by atoms with Crippen molar-refractivity contribution in [2.24, 2.45) is 0 Å². The number of sulfone groups is 1. The average molecular weight is 521 g/mol. The van der Waals surface area contributed by atoms with Crippen molar-refractivity contribution in [1.82, 2.24) is 14.8 Å². The van der Waals surface area contributed by atoms with Gasteiger partial charge < -0.3 is 5.32 Å². The number of carbonyl (C=O) groups excluding carboxylic acids is 1. The summed E-state index contributed by atoms with van der Waals surface area (Å²) in [6.07, 6.45) is 0. The number of anilines is 1. The van der Waals surface area contributed by atoms with E-state index >= 15 is 0 Å². The molecule has 186 valence electrons. The van der Waals surface area contributed by atoms with E-state index < -0.39 is 9.84 Å². The number of benzene rings is 3.